The van der Waals surface area contributed by atoms with E-state index < -0.39 is 0 Å². The van der Waals surface area contributed by atoms with Crippen molar-refractivity contribution < 1.29 is 14.3 Å². The van der Waals surface area contributed by atoms with E-state index in [0.29, 0.717) is 0 Å². The highest BCUT2D eigenvalue weighted by Gasteiger charge is 2.29. The molecule has 0 aliphatic heterocycles. The molecule has 0 bridgehead atoms. The van der Waals surface area contributed by atoms with E-state index in [-0.39, 0.29) is 24.6 Å². The highest BCUT2D eigenvalue weighted by Crippen LogP contribution is 2.24. The van der Waals surface area contributed by atoms with Crippen molar-refractivity contribution in [2.24, 2.45) is 0 Å². The van der Waals surface area contributed by atoms with Crippen LogP contribution in [-0.4, -0.2) is 55.6 Å². The Morgan fingerprint density at radius 2 is 1.81 bits per heavy atom. The zero-order chi connectivity index (χ0) is 12.1. The summed E-state index contributed by atoms with van der Waals surface area (Å²) in [5, 5.41) is 0. The summed E-state index contributed by atoms with van der Waals surface area (Å²) in [6.45, 7) is 0.0537. The molecule has 1 aliphatic rings. The molecule has 1 saturated carbocycles. The minimum atomic E-state index is -0.359. The maximum absolute atomic E-state index is 11.9. The third-order valence-corrected chi connectivity index (χ3v) is 2.92. The van der Waals surface area contributed by atoms with Crippen LogP contribution in [0.5, 0.6) is 0 Å². The van der Waals surface area contributed by atoms with Gasteiger partial charge in [-0.25, -0.2) is 4.79 Å². The van der Waals surface area contributed by atoms with Crippen molar-refractivity contribution in [1.29, 1.82) is 0 Å². The fourth-order valence-electron chi connectivity index (χ4n) is 2.03. The Morgan fingerprint density at radius 1 is 1.25 bits per heavy atom. The van der Waals surface area contributed by atoms with Crippen molar-refractivity contribution in [3.8, 4) is 0 Å². The Labute approximate surface area is 96.3 Å². The van der Waals surface area contributed by atoms with Crippen LogP contribution in [0.4, 0.5) is 4.79 Å². The average molecular weight is 228 g/mol. The van der Waals surface area contributed by atoms with Gasteiger partial charge in [-0.05, 0) is 12.8 Å². The standard InChI is InChI=1S/C11H20N2O3/c1-12(2)11(15)13(8-10(14)16-3)9-6-4-5-7-9/h9H,4-8H2,1-3H3. The first-order valence-electron chi connectivity index (χ1n) is 5.61. The van der Waals surface area contributed by atoms with Crippen molar-refractivity contribution in [2.75, 3.05) is 27.7 Å². The molecule has 0 heterocycles. The van der Waals surface area contributed by atoms with Gasteiger partial charge in [0.2, 0.25) is 0 Å². The van der Waals surface area contributed by atoms with E-state index in [9.17, 15) is 9.59 Å². The summed E-state index contributed by atoms with van der Waals surface area (Å²) in [7, 11) is 4.73. The third-order valence-electron chi connectivity index (χ3n) is 2.92. The summed E-state index contributed by atoms with van der Waals surface area (Å²) in [5.74, 6) is -0.359. The number of methoxy groups -OCH3 is 1. The number of esters is 1. The maximum Gasteiger partial charge on any atom is 0.325 e. The minimum absolute atomic E-state index is 0.0537. The normalized spacial score (nSPS) is 15.9. The molecule has 0 unspecified atom stereocenters. The zero-order valence-corrected chi connectivity index (χ0v) is 10.2. The van der Waals surface area contributed by atoms with Crippen molar-refractivity contribution in [3.63, 3.8) is 0 Å². The van der Waals surface area contributed by atoms with Crippen LogP contribution in [0.3, 0.4) is 0 Å². The fourth-order valence-corrected chi connectivity index (χ4v) is 2.03. The van der Waals surface area contributed by atoms with E-state index in [4.69, 9.17) is 0 Å². The van der Waals surface area contributed by atoms with E-state index in [1.54, 1.807) is 19.0 Å². The molecule has 0 aromatic heterocycles. The van der Waals surface area contributed by atoms with Crippen LogP contribution in [0.15, 0.2) is 0 Å². The van der Waals surface area contributed by atoms with E-state index in [1.165, 1.54) is 12.0 Å². The van der Waals surface area contributed by atoms with Crippen molar-refractivity contribution >= 4 is 12.0 Å². The highest BCUT2D eigenvalue weighted by molar-refractivity contribution is 5.81. The highest BCUT2D eigenvalue weighted by atomic mass is 16.5. The molecule has 16 heavy (non-hydrogen) atoms. The van der Waals surface area contributed by atoms with Gasteiger partial charge in [0.15, 0.2) is 0 Å². The average Bonchev–Trinajstić information content (AvgIpc) is 2.77. The second-order valence-corrected chi connectivity index (χ2v) is 4.32. The first-order valence-corrected chi connectivity index (χ1v) is 5.61. The van der Waals surface area contributed by atoms with Gasteiger partial charge in [-0.3, -0.25) is 4.79 Å². The van der Waals surface area contributed by atoms with Crippen LogP contribution in [0.1, 0.15) is 25.7 Å². The molecule has 0 aromatic rings. The van der Waals surface area contributed by atoms with Gasteiger partial charge in [0, 0.05) is 20.1 Å². The van der Waals surface area contributed by atoms with Gasteiger partial charge in [-0.1, -0.05) is 12.8 Å². The van der Waals surface area contributed by atoms with Crippen LogP contribution in [0.2, 0.25) is 0 Å². The van der Waals surface area contributed by atoms with E-state index >= 15 is 0 Å². The molecule has 92 valence electrons. The summed E-state index contributed by atoms with van der Waals surface area (Å²) in [4.78, 5) is 26.3. The number of rotatable bonds is 3. The van der Waals surface area contributed by atoms with Gasteiger partial charge in [0.25, 0.3) is 0 Å². The molecule has 0 atom stereocenters. The molecule has 1 aliphatic carbocycles. The fraction of sp³-hybridized carbons (Fsp3) is 0.818. The first-order chi connectivity index (χ1) is 7.56. The molecule has 1 rings (SSSR count). The number of hydrogen-bond donors (Lipinski definition) is 0. The molecule has 1 fully saturated rings. The Kier molecular flexibility index (Phi) is 4.58. The SMILES string of the molecule is COC(=O)CN(C(=O)N(C)C)C1CCCC1. The van der Waals surface area contributed by atoms with Crippen LogP contribution < -0.4 is 0 Å². The summed E-state index contributed by atoms with van der Waals surface area (Å²) in [6.07, 6.45) is 4.22. The lowest BCUT2D eigenvalue weighted by Crippen LogP contribution is -2.47. The van der Waals surface area contributed by atoms with Crippen LogP contribution in [0, 0.1) is 0 Å². The van der Waals surface area contributed by atoms with Crippen LogP contribution >= 0.6 is 0 Å². The number of nitrogens with zero attached hydrogens (tertiary/aromatic N) is 2. The van der Waals surface area contributed by atoms with Gasteiger partial charge < -0.3 is 14.5 Å². The lowest BCUT2D eigenvalue weighted by molar-refractivity contribution is -0.141. The minimum Gasteiger partial charge on any atom is -0.468 e. The monoisotopic (exact) mass is 228 g/mol. The van der Waals surface area contributed by atoms with Gasteiger partial charge in [-0.2, -0.15) is 0 Å². The number of urea groups is 1. The molecule has 0 spiro atoms. The van der Waals surface area contributed by atoms with Crippen LogP contribution in [0.25, 0.3) is 0 Å². The second-order valence-electron chi connectivity index (χ2n) is 4.32. The first kappa shape index (κ1) is 12.8. The molecule has 0 aromatic carbocycles. The lowest BCUT2D eigenvalue weighted by Gasteiger charge is -2.30. The van der Waals surface area contributed by atoms with Gasteiger partial charge in [0.05, 0.1) is 7.11 Å². The molecule has 5 heteroatoms. The Bertz CT molecular complexity index is 260. The lowest BCUT2D eigenvalue weighted by atomic mass is 10.2. The predicted molar refractivity (Wildman–Crippen MR) is 60.1 cm³/mol. The van der Waals surface area contributed by atoms with E-state index in [1.807, 2.05) is 0 Å². The Hall–Kier alpha value is -1.26. The largest absolute Gasteiger partial charge is 0.468 e. The Morgan fingerprint density at radius 3 is 2.25 bits per heavy atom. The summed E-state index contributed by atoms with van der Waals surface area (Å²) in [6, 6.07) is 0.0753. The second kappa shape index (κ2) is 5.72. The number of hydrogen-bond acceptors (Lipinski definition) is 3. The van der Waals surface area contributed by atoms with E-state index in [0.717, 1.165) is 25.7 Å². The predicted octanol–water partition coefficient (Wildman–Crippen LogP) is 1.09. The zero-order valence-electron chi connectivity index (χ0n) is 10.2. The molecular weight excluding hydrogens is 208 g/mol. The molecule has 5 nitrogen and oxygen atoms in total. The topological polar surface area (TPSA) is 49.9 Å². The van der Waals surface area contributed by atoms with Gasteiger partial charge >= 0.3 is 12.0 Å². The molecular formula is C11H20N2O3. The summed E-state index contributed by atoms with van der Waals surface area (Å²) >= 11 is 0. The maximum atomic E-state index is 11.9. The Balaban J connectivity index is 2.67. The number of amides is 2. The van der Waals surface area contributed by atoms with Crippen molar-refractivity contribution in [2.45, 2.75) is 31.7 Å². The van der Waals surface area contributed by atoms with Gasteiger partial charge in [-0.15, -0.1) is 0 Å². The smallest absolute Gasteiger partial charge is 0.325 e. The number of carbonyl (C=O) groups excluding carboxylic acids is 2. The quantitative estimate of drug-likeness (QED) is 0.679. The molecule has 2 amide bonds. The number of carbonyl (C=O) groups is 2. The molecule has 0 N–H and O–H groups in total. The van der Waals surface area contributed by atoms with Crippen molar-refractivity contribution in [1.82, 2.24) is 9.80 Å². The molecule has 0 saturated heterocycles. The van der Waals surface area contributed by atoms with E-state index in [2.05, 4.69) is 4.74 Å². The number of ether oxygens (including phenoxy) is 1. The third kappa shape index (κ3) is 3.12. The summed E-state index contributed by atoms with van der Waals surface area (Å²) in [5.41, 5.74) is 0. The molecule has 0 radical (unpaired) electrons. The summed E-state index contributed by atoms with van der Waals surface area (Å²) < 4.78 is 4.62. The van der Waals surface area contributed by atoms with Crippen molar-refractivity contribution in [3.05, 3.63) is 0 Å². The van der Waals surface area contributed by atoms with Gasteiger partial charge in [0.1, 0.15) is 6.54 Å². The van der Waals surface area contributed by atoms with Crippen LogP contribution in [-0.2, 0) is 9.53 Å².